The molecule has 0 aliphatic rings. The van der Waals surface area contributed by atoms with E-state index in [1.165, 1.54) is 70.6 Å². The van der Waals surface area contributed by atoms with Crippen LogP contribution in [0.3, 0.4) is 0 Å². The average molecular weight is 571 g/mol. The van der Waals surface area contributed by atoms with Gasteiger partial charge in [-0.15, -0.1) is 0 Å². The Morgan fingerprint density at radius 3 is 1.33 bits per heavy atom. The minimum Gasteiger partial charge on any atom is -0.455 e. The highest BCUT2D eigenvalue weighted by molar-refractivity contribution is 6.28. The van der Waals surface area contributed by atoms with Gasteiger partial charge in [-0.3, -0.25) is 0 Å². The predicted octanol–water partition coefficient (Wildman–Crippen LogP) is 12.7. The van der Waals surface area contributed by atoms with Gasteiger partial charge >= 0.3 is 0 Å². The fourth-order valence-electron chi connectivity index (χ4n) is 7.74. The highest BCUT2D eigenvalue weighted by Crippen LogP contribution is 2.47. The van der Waals surface area contributed by atoms with E-state index >= 15 is 0 Å². The second kappa shape index (κ2) is 9.29. The molecule has 0 saturated heterocycles. The van der Waals surface area contributed by atoms with Gasteiger partial charge < -0.3 is 4.42 Å². The highest BCUT2D eigenvalue weighted by Gasteiger charge is 2.20. The lowest BCUT2D eigenvalue weighted by Gasteiger charge is -2.18. The van der Waals surface area contributed by atoms with Crippen molar-refractivity contribution in [1.82, 2.24) is 0 Å². The van der Waals surface area contributed by atoms with E-state index in [4.69, 9.17) is 4.42 Å². The zero-order chi connectivity index (χ0) is 29.5. The molecule has 9 aromatic carbocycles. The number of rotatable bonds is 2. The maximum Gasteiger partial charge on any atom is 0.143 e. The van der Waals surface area contributed by atoms with E-state index in [9.17, 15) is 0 Å². The van der Waals surface area contributed by atoms with Crippen molar-refractivity contribution in [2.75, 3.05) is 0 Å². The van der Waals surface area contributed by atoms with Crippen LogP contribution in [0.2, 0.25) is 0 Å². The van der Waals surface area contributed by atoms with Gasteiger partial charge in [0.2, 0.25) is 0 Å². The first-order chi connectivity index (χ1) is 22.3. The Morgan fingerprint density at radius 1 is 0.289 bits per heavy atom. The summed E-state index contributed by atoms with van der Waals surface area (Å²) in [5.41, 5.74) is 6.68. The molecule has 0 atom stereocenters. The van der Waals surface area contributed by atoms with Crippen molar-refractivity contribution in [3.05, 3.63) is 158 Å². The van der Waals surface area contributed by atoms with Crippen molar-refractivity contribution in [1.29, 1.82) is 0 Å². The molecule has 0 fully saturated rings. The maximum absolute atomic E-state index is 6.57. The smallest absolute Gasteiger partial charge is 0.143 e. The van der Waals surface area contributed by atoms with Crippen LogP contribution in [-0.4, -0.2) is 0 Å². The van der Waals surface area contributed by atoms with Crippen molar-refractivity contribution in [3.63, 3.8) is 0 Å². The molecule has 0 unspecified atom stereocenters. The molecule has 0 aliphatic heterocycles. The molecule has 0 N–H and O–H groups in total. The third-order valence-electron chi connectivity index (χ3n) is 9.64. The van der Waals surface area contributed by atoms with Crippen molar-refractivity contribution in [2.45, 2.75) is 0 Å². The Bertz CT molecular complexity index is 2720. The summed E-state index contributed by atoms with van der Waals surface area (Å²) in [6, 6.07) is 57.3. The summed E-state index contributed by atoms with van der Waals surface area (Å²) in [4.78, 5) is 0. The largest absolute Gasteiger partial charge is 0.455 e. The van der Waals surface area contributed by atoms with Crippen LogP contribution < -0.4 is 0 Å². The average Bonchev–Trinajstić information content (AvgIpc) is 3.50. The summed E-state index contributed by atoms with van der Waals surface area (Å²) < 4.78 is 6.57. The zero-order valence-corrected chi connectivity index (χ0v) is 24.4. The van der Waals surface area contributed by atoms with Gasteiger partial charge in [-0.25, -0.2) is 0 Å². The van der Waals surface area contributed by atoms with Crippen molar-refractivity contribution < 1.29 is 4.42 Å². The molecule has 1 nitrogen and oxygen atoms in total. The monoisotopic (exact) mass is 570 g/mol. The molecule has 1 heterocycles. The Balaban J connectivity index is 1.33. The first kappa shape index (κ1) is 24.5. The lowest BCUT2D eigenvalue weighted by atomic mass is 9.84. The second-order valence-corrected chi connectivity index (χ2v) is 12.0. The summed E-state index contributed by atoms with van der Waals surface area (Å²) in [6.45, 7) is 0. The van der Waals surface area contributed by atoms with Gasteiger partial charge in [0, 0.05) is 21.9 Å². The minimum atomic E-state index is 0.918. The first-order valence-electron chi connectivity index (χ1n) is 15.5. The van der Waals surface area contributed by atoms with Gasteiger partial charge in [0.15, 0.2) is 0 Å². The van der Waals surface area contributed by atoms with Crippen LogP contribution in [0.5, 0.6) is 0 Å². The van der Waals surface area contributed by atoms with Crippen molar-refractivity contribution in [2.24, 2.45) is 0 Å². The number of hydrogen-bond acceptors (Lipinski definition) is 1. The molecule has 0 saturated carbocycles. The number of fused-ring (bicyclic) bond motifs is 11. The molecule has 1 heteroatoms. The lowest BCUT2D eigenvalue weighted by Crippen LogP contribution is -1.91. The molecular formula is C44H26O. The zero-order valence-electron chi connectivity index (χ0n) is 24.4. The number of benzene rings is 9. The number of furan rings is 1. The van der Waals surface area contributed by atoms with E-state index in [0.29, 0.717) is 0 Å². The van der Waals surface area contributed by atoms with Crippen molar-refractivity contribution >= 4 is 75.8 Å². The van der Waals surface area contributed by atoms with E-state index in [-0.39, 0.29) is 0 Å². The van der Waals surface area contributed by atoms with Gasteiger partial charge in [0.05, 0.1) is 0 Å². The highest BCUT2D eigenvalue weighted by atomic mass is 16.3. The second-order valence-electron chi connectivity index (χ2n) is 12.0. The SMILES string of the molecule is c1ccc2c(c1)oc1c(-c3c4ccccc4c(-c4ccc5c6ccccc6c6ccccc6c5c4)c4ccccc34)cccc12. The van der Waals surface area contributed by atoms with Crippen LogP contribution in [0.4, 0.5) is 0 Å². The van der Waals surface area contributed by atoms with E-state index < -0.39 is 0 Å². The molecule has 10 rings (SSSR count). The normalized spacial score (nSPS) is 12.0. The summed E-state index contributed by atoms with van der Waals surface area (Å²) in [5, 5.41) is 15.0. The van der Waals surface area contributed by atoms with Crippen LogP contribution >= 0.6 is 0 Å². The Labute approximate surface area is 259 Å². The van der Waals surface area contributed by atoms with E-state index in [0.717, 1.165) is 27.5 Å². The molecular weight excluding hydrogens is 544 g/mol. The topological polar surface area (TPSA) is 13.1 Å². The standard InChI is InChI=1S/C44H26O/c1-2-14-30-28(12-1)29-13-3-4-15-31(29)40-26-27(24-25-32(30)40)42-34-17-5-7-19-36(34)43(37-20-8-6-18-35(37)42)39-22-11-21-38-33-16-9-10-23-41(33)45-44(38)39/h1-26H. The summed E-state index contributed by atoms with van der Waals surface area (Å²) in [6.07, 6.45) is 0. The Kier molecular flexibility index (Phi) is 5.06. The maximum atomic E-state index is 6.57. The predicted molar refractivity (Wildman–Crippen MR) is 192 cm³/mol. The fourth-order valence-corrected chi connectivity index (χ4v) is 7.74. The van der Waals surface area contributed by atoms with Gasteiger partial charge in [-0.2, -0.15) is 0 Å². The van der Waals surface area contributed by atoms with Gasteiger partial charge in [0.1, 0.15) is 11.2 Å². The first-order valence-corrected chi connectivity index (χ1v) is 15.5. The molecule has 0 spiro atoms. The van der Waals surface area contributed by atoms with E-state index in [1.54, 1.807) is 0 Å². The summed E-state index contributed by atoms with van der Waals surface area (Å²) in [5.74, 6) is 0. The van der Waals surface area contributed by atoms with Gasteiger partial charge in [-0.1, -0.05) is 146 Å². The summed E-state index contributed by atoms with van der Waals surface area (Å²) in [7, 11) is 0. The Morgan fingerprint density at radius 2 is 0.733 bits per heavy atom. The minimum absolute atomic E-state index is 0.918. The molecule has 1 aromatic heterocycles. The van der Waals surface area contributed by atoms with Crippen LogP contribution in [0.15, 0.2) is 162 Å². The molecule has 45 heavy (non-hydrogen) atoms. The van der Waals surface area contributed by atoms with Gasteiger partial charge in [-0.05, 0) is 77.1 Å². The summed E-state index contributed by atoms with van der Waals surface area (Å²) >= 11 is 0. The van der Waals surface area contributed by atoms with Crippen LogP contribution in [-0.2, 0) is 0 Å². The van der Waals surface area contributed by atoms with E-state index in [1.807, 2.05) is 6.07 Å². The van der Waals surface area contributed by atoms with Crippen molar-refractivity contribution in [3.8, 4) is 22.3 Å². The lowest BCUT2D eigenvalue weighted by molar-refractivity contribution is 0.670. The van der Waals surface area contributed by atoms with E-state index in [2.05, 4.69) is 152 Å². The van der Waals surface area contributed by atoms with Crippen LogP contribution in [0.25, 0.3) is 98.1 Å². The van der Waals surface area contributed by atoms with Gasteiger partial charge in [0.25, 0.3) is 0 Å². The Hall–Kier alpha value is -5.92. The molecule has 10 aromatic rings. The quantitative estimate of drug-likeness (QED) is 0.149. The number of hydrogen-bond donors (Lipinski definition) is 0. The molecule has 0 radical (unpaired) electrons. The molecule has 0 bridgehead atoms. The third kappa shape index (κ3) is 3.44. The van der Waals surface area contributed by atoms with Crippen LogP contribution in [0.1, 0.15) is 0 Å². The molecule has 0 aliphatic carbocycles. The molecule has 208 valence electrons. The fraction of sp³-hybridized carbons (Fsp3) is 0. The number of para-hydroxylation sites is 2. The third-order valence-corrected chi connectivity index (χ3v) is 9.64. The molecule has 0 amide bonds. The van der Waals surface area contributed by atoms with Crippen LogP contribution in [0, 0.1) is 0 Å².